The molecule has 2 nitrogen and oxygen atoms in total. The highest BCUT2D eigenvalue weighted by Gasteiger charge is 2.45. The summed E-state index contributed by atoms with van der Waals surface area (Å²) in [6, 6.07) is 6.62. The van der Waals surface area contributed by atoms with Crippen LogP contribution < -0.4 is 0 Å². The van der Waals surface area contributed by atoms with Crippen molar-refractivity contribution in [1.29, 1.82) is 0 Å². The molecule has 0 radical (unpaired) electrons. The molecular formula is C17H20FNO. The van der Waals surface area contributed by atoms with Gasteiger partial charge in [0.25, 0.3) is 0 Å². The van der Waals surface area contributed by atoms with Crippen molar-refractivity contribution in [3.05, 3.63) is 47.8 Å². The number of carbonyl (C=O) groups excluding carboxylic acids is 1. The molecule has 0 amide bonds. The molecule has 3 rings (SSSR count). The lowest BCUT2D eigenvalue weighted by molar-refractivity contribution is -0.129. The Balaban J connectivity index is 1.82. The largest absolute Gasteiger partial charge is 0.298 e. The van der Waals surface area contributed by atoms with Crippen molar-refractivity contribution in [2.45, 2.75) is 44.2 Å². The van der Waals surface area contributed by atoms with Crippen molar-refractivity contribution in [3.63, 3.8) is 0 Å². The minimum Gasteiger partial charge on any atom is -0.298 e. The number of benzene rings is 1. The summed E-state index contributed by atoms with van der Waals surface area (Å²) in [5, 5.41) is 0. The molecule has 1 aliphatic carbocycles. The molecule has 3 heteroatoms. The number of halogens is 1. The molecule has 1 saturated heterocycles. The van der Waals surface area contributed by atoms with Crippen molar-refractivity contribution in [2.75, 3.05) is 6.54 Å². The van der Waals surface area contributed by atoms with Gasteiger partial charge in [0.2, 0.25) is 0 Å². The van der Waals surface area contributed by atoms with E-state index in [-0.39, 0.29) is 11.4 Å². The van der Waals surface area contributed by atoms with Crippen LogP contribution in [-0.2, 0) is 11.3 Å². The summed E-state index contributed by atoms with van der Waals surface area (Å²) < 4.78 is 13.0. The van der Waals surface area contributed by atoms with Crippen LogP contribution in [0, 0.1) is 5.82 Å². The lowest BCUT2D eigenvalue weighted by Crippen LogP contribution is -2.49. The fourth-order valence-electron chi connectivity index (χ4n) is 3.48. The fraction of sp³-hybridized carbons (Fsp3) is 0.471. The highest BCUT2D eigenvalue weighted by Crippen LogP contribution is 2.37. The first-order valence-electron chi connectivity index (χ1n) is 7.38. The van der Waals surface area contributed by atoms with Crippen molar-refractivity contribution in [3.8, 4) is 0 Å². The van der Waals surface area contributed by atoms with E-state index in [4.69, 9.17) is 0 Å². The Morgan fingerprint density at radius 1 is 1.20 bits per heavy atom. The number of hydrogen-bond donors (Lipinski definition) is 0. The number of nitrogens with zero attached hydrogens (tertiary/aromatic N) is 1. The third-order valence-electron chi connectivity index (χ3n) is 4.59. The van der Waals surface area contributed by atoms with Gasteiger partial charge < -0.3 is 0 Å². The molecule has 0 N–H and O–H groups in total. The average molecular weight is 273 g/mol. The molecule has 1 spiro atoms. The summed E-state index contributed by atoms with van der Waals surface area (Å²) in [6.07, 6.45) is 8.65. The van der Waals surface area contributed by atoms with E-state index in [2.05, 4.69) is 17.1 Å². The molecule has 1 heterocycles. The number of rotatable bonds is 2. The molecular weight excluding hydrogens is 253 g/mol. The van der Waals surface area contributed by atoms with Crippen LogP contribution in [0.5, 0.6) is 0 Å². The first kappa shape index (κ1) is 13.5. The number of ketones is 1. The molecule has 0 saturated carbocycles. The Morgan fingerprint density at radius 3 is 2.80 bits per heavy atom. The summed E-state index contributed by atoms with van der Waals surface area (Å²) in [7, 11) is 0. The second-order valence-electron chi connectivity index (χ2n) is 5.82. The van der Waals surface area contributed by atoms with Gasteiger partial charge in [0.15, 0.2) is 5.78 Å². The Labute approximate surface area is 119 Å². The lowest BCUT2D eigenvalue weighted by Gasteiger charge is -2.36. The normalized spacial score (nSPS) is 27.1. The maximum absolute atomic E-state index is 13.0. The SMILES string of the molecule is O=C1CCC=CCC12CCCN2Cc1ccc(F)cc1. The van der Waals surface area contributed by atoms with Gasteiger partial charge in [-0.2, -0.15) is 0 Å². The van der Waals surface area contributed by atoms with Crippen molar-refractivity contribution in [1.82, 2.24) is 4.90 Å². The first-order valence-corrected chi connectivity index (χ1v) is 7.38. The van der Waals surface area contributed by atoms with Crippen LogP contribution in [0.3, 0.4) is 0 Å². The second-order valence-corrected chi connectivity index (χ2v) is 5.82. The minimum atomic E-state index is -0.304. The van der Waals surface area contributed by atoms with Crippen molar-refractivity contribution in [2.24, 2.45) is 0 Å². The van der Waals surface area contributed by atoms with Crippen LogP contribution in [0.1, 0.15) is 37.7 Å². The van der Waals surface area contributed by atoms with E-state index in [9.17, 15) is 9.18 Å². The number of Topliss-reactive ketones (excluding diaryl/α,β-unsaturated/α-hetero) is 1. The third-order valence-corrected chi connectivity index (χ3v) is 4.59. The van der Waals surface area contributed by atoms with Gasteiger partial charge in [-0.3, -0.25) is 9.69 Å². The molecule has 20 heavy (non-hydrogen) atoms. The molecule has 1 unspecified atom stereocenters. The lowest BCUT2D eigenvalue weighted by atomic mass is 9.86. The fourth-order valence-corrected chi connectivity index (χ4v) is 3.48. The van der Waals surface area contributed by atoms with Gasteiger partial charge in [-0.15, -0.1) is 0 Å². The zero-order valence-electron chi connectivity index (χ0n) is 11.6. The molecule has 0 aromatic heterocycles. The predicted molar refractivity (Wildman–Crippen MR) is 76.8 cm³/mol. The quantitative estimate of drug-likeness (QED) is 0.769. The number of allylic oxidation sites excluding steroid dienone is 1. The Kier molecular flexibility index (Phi) is 3.70. The summed E-state index contributed by atoms with van der Waals surface area (Å²) in [5.74, 6) is 0.167. The zero-order chi connectivity index (χ0) is 14.0. The third kappa shape index (κ3) is 2.42. The average Bonchev–Trinajstić information content (AvgIpc) is 2.75. The van der Waals surface area contributed by atoms with Crippen LogP contribution >= 0.6 is 0 Å². The molecule has 2 aliphatic rings. The Bertz CT molecular complexity index is 522. The van der Waals surface area contributed by atoms with E-state index in [1.165, 1.54) is 12.1 Å². The number of carbonyl (C=O) groups is 1. The predicted octanol–water partition coefficient (Wildman–Crippen LogP) is 3.47. The van der Waals surface area contributed by atoms with Gasteiger partial charge in [-0.25, -0.2) is 4.39 Å². The Hall–Kier alpha value is -1.48. The second kappa shape index (κ2) is 5.49. The molecule has 1 aromatic rings. The summed E-state index contributed by atoms with van der Waals surface area (Å²) in [4.78, 5) is 14.9. The number of hydrogen-bond acceptors (Lipinski definition) is 2. The van der Waals surface area contributed by atoms with E-state index >= 15 is 0 Å². The maximum atomic E-state index is 13.0. The van der Waals surface area contributed by atoms with Gasteiger partial charge in [0, 0.05) is 13.0 Å². The minimum absolute atomic E-state index is 0.210. The molecule has 1 aliphatic heterocycles. The van der Waals surface area contributed by atoms with Crippen LogP contribution in [0.15, 0.2) is 36.4 Å². The zero-order valence-corrected chi connectivity index (χ0v) is 11.6. The highest BCUT2D eigenvalue weighted by atomic mass is 19.1. The van der Waals surface area contributed by atoms with Crippen LogP contribution in [0.2, 0.25) is 0 Å². The monoisotopic (exact) mass is 273 g/mol. The highest BCUT2D eigenvalue weighted by molar-refractivity contribution is 5.89. The molecule has 1 atom stereocenters. The van der Waals surface area contributed by atoms with E-state index in [0.29, 0.717) is 12.2 Å². The summed E-state index contributed by atoms with van der Waals surface area (Å²) in [6.45, 7) is 1.69. The van der Waals surface area contributed by atoms with Crippen molar-refractivity contribution >= 4 is 5.78 Å². The number of likely N-dealkylation sites (tertiary alicyclic amines) is 1. The van der Waals surface area contributed by atoms with E-state index < -0.39 is 0 Å². The van der Waals surface area contributed by atoms with Crippen LogP contribution in [0.4, 0.5) is 4.39 Å². The van der Waals surface area contributed by atoms with E-state index in [1.54, 1.807) is 0 Å². The molecule has 1 aromatic carbocycles. The molecule has 1 fully saturated rings. The Morgan fingerprint density at radius 2 is 2.00 bits per heavy atom. The van der Waals surface area contributed by atoms with Crippen molar-refractivity contribution < 1.29 is 9.18 Å². The summed E-state index contributed by atoms with van der Waals surface area (Å²) >= 11 is 0. The smallest absolute Gasteiger partial charge is 0.153 e. The topological polar surface area (TPSA) is 20.3 Å². The maximum Gasteiger partial charge on any atom is 0.153 e. The van der Waals surface area contributed by atoms with E-state index in [1.807, 2.05) is 12.1 Å². The van der Waals surface area contributed by atoms with Gasteiger partial charge >= 0.3 is 0 Å². The van der Waals surface area contributed by atoms with Gasteiger partial charge in [-0.05, 0) is 49.9 Å². The van der Waals surface area contributed by atoms with Crippen LogP contribution in [-0.4, -0.2) is 22.8 Å². The van der Waals surface area contributed by atoms with Gasteiger partial charge in [0.05, 0.1) is 5.54 Å². The first-order chi connectivity index (χ1) is 9.71. The van der Waals surface area contributed by atoms with Gasteiger partial charge in [0.1, 0.15) is 5.82 Å². The van der Waals surface area contributed by atoms with Crippen LogP contribution in [0.25, 0.3) is 0 Å². The van der Waals surface area contributed by atoms with Gasteiger partial charge in [-0.1, -0.05) is 24.3 Å². The molecule has 106 valence electrons. The summed E-state index contributed by atoms with van der Waals surface area (Å²) in [5.41, 5.74) is 0.773. The standard InChI is InChI=1S/C17H20FNO/c18-15-8-6-14(7-9-15)13-19-12-4-11-17(19)10-3-1-2-5-16(17)20/h1,3,6-9H,2,4-5,10-13H2. The molecule has 0 bridgehead atoms. The van der Waals surface area contributed by atoms with E-state index in [0.717, 1.165) is 44.3 Å².